The second-order valence-electron chi connectivity index (χ2n) is 2.76. The Kier molecular flexibility index (Phi) is 4.24. The standard InChI is InChI=1S/C10H10BrClN2/c1-3-8(4-2)14-10-9(12)5-7(11)6-13-10/h1,5-6,8H,4H2,2H3,(H,13,14). The monoisotopic (exact) mass is 272 g/mol. The number of anilines is 1. The van der Waals surface area contributed by atoms with E-state index in [1.165, 1.54) is 0 Å². The molecule has 0 amide bonds. The minimum Gasteiger partial charge on any atom is -0.355 e. The summed E-state index contributed by atoms with van der Waals surface area (Å²) in [5.74, 6) is 3.25. The van der Waals surface area contributed by atoms with Crippen LogP contribution in [0.5, 0.6) is 0 Å². The largest absolute Gasteiger partial charge is 0.355 e. The van der Waals surface area contributed by atoms with Gasteiger partial charge in [-0.1, -0.05) is 24.4 Å². The molecule has 1 aromatic heterocycles. The van der Waals surface area contributed by atoms with E-state index in [0.29, 0.717) is 10.8 Å². The molecule has 0 bridgehead atoms. The summed E-state index contributed by atoms with van der Waals surface area (Å²) in [6.45, 7) is 2.00. The smallest absolute Gasteiger partial charge is 0.145 e. The van der Waals surface area contributed by atoms with Crippen molar-refractivity contribution in [2.24, 2.45) is 0 Å². The quantitative estimate of drug-likeness (QED) is 0.855. The predicted molar refractivity (Wildman–Crippen MR) is 63.5 cm³/mol. The normalized spacial score (nSPS) is 11.9. The minimum atomic E-state index is -0.0267. The van der Waals surface area contributed by atoms with Crippen LogP contribution in [0.2, 0.25) is 5.02 Å². The van der Waals surface area contributed by atoms with Gasteiger partial charge in [0.15, 0.2) is 0 Å². The zero-order valence-corrected chi connectivity index (χ0v) is 10.1. The number of pyridine rings is 1. The molecular weight excluding hydrogens is 263 g/mol. The molecular formula is C10H10BrClN2. The molecule has 1 N–H and O–H groups in total. The first-order valence-electron chi connectivity index (χ1n) is 4.21. The highest BCUT2D eigenvalue weighted by Crippen LogP contribution is 2.23. The Hall–Kier alpha value is -0.720. The molecule has 0 aliphatic carbocycles. The molecule has 2 nitrogen and oxygen atoms in total. The van der Waals surface area contributed by atoms with Crippen molar-refractivity contribution >= 4 is 33.3 Å². The summed E-state index contributed by atoms with van der Waals surface area (Å²) >= 11 is 9.25. The van der Waals surface area contributed by atoms with E-state index < -0.39 is 0 Å². The topological polar surface area (TPSA) is 24.9 Å². The van der Waals surface area contributed by atoms with E-state index in [9.17, 15) is 0 Å². The molecule has 0 saturated heterocycles. The predicted octanol–water partition coefficient (Wildman–Crippen LogP) is 3.32. The van der Waals surface area contributed by atoms with Crippen molar-refractivity contribution in [3.05, 3.63) is 21.8 Å². The number of hydrogen-bond acceptors (Lipinski definition) is 2. The zero-order chi connectivity index (χ0) is 10.6. The van der Waals surface area contributed by atoms with Crippen LogP contribution in [0.15, 0.2) is 16.7 Å². The number of hydrogen-bond donors (Lipinski definition) is 1. The number of rotatable bonds is 3. The van der Waals surface area contributed by atoms with Crippen LogP contribution >= 0.6 is 27.5 Å². The van der Waals surface area contributed by atoms with Gasteiger partial charge in [-0.15, -0.1) is 6.42 Å². The molecule has 0 aromatic carbocycles. The van der Waals surface area contributed by atoms with Gasteiger partial charge in [-0.05, 0) is 28.4 Å². The molecule has 14 heavy (non-hydrogen) atoms. The van der Waals surface area contributed by atoms with Gasteiger partial charge in [0.05, 0.1) is 11.1 Å². The fourth-order valence-corrected chi connectivity index (χ4v) is 1.63. The summed E-state index contributed by atoms with van der Waals surface area (Å²) < 4.78 is 0.849. The lowest BCUT2D eigenvalue weighted by Gasteiger charge is -2.12. The number of terminal acetylenes is 1. The molecule has 1 aromatic rings. The second kappa shape index (κ2) is 5.23. The Morgan fingerprint density at radius 3 is 3.00 bits per heavy atom. The van der Waals surface area contributed by atoms with Crippen molar-refractivity contribution in [1.82, 2.24) is 4.98 Å². The first kappa shape index (κ1) is 11.4. The van der Waals surface area contributed by atoms with E-state index in [-0.39, 0.29) is 6.04 Å². The maximum absolute atomic E-state index is 5.96. The Labute approximate surface area is 97.2 Å². The van der Waals surface area contributed by atoms with Crippen LogP contribution in [0.3, 0.4) is 0 Å². The highest BCUT2D eigenvalue weighted by Gasteiger charge is 2.06. The van der Waals surface area contributed by atoms with Crippen molar-refractivity contribution in [2.75, 3.05) is 5.32 Å². The van der Waals surface area contributed by atoms with Gasteiger partial charge >= 0.3 is 0 Å². The van der Waals surface area contributed by atoms with Crippen LogP contribution in [0, 0.1) is 12.3 Å². The zero-order valence-electron chi connectivity index (χ0n) is 7.72. The van der Waals surface area contributed by atoms with Crippen molar-refractivity contribution < 1.29 is 0 Å². The minimum absolute atomic E-state index is 0.0267. The van der Waals surface area contributed by atoms with Gasteiger partial charge in [-0.2, -0.15) is 0 Å². The Balaban J connectivity index is 2.82. The van der Waals surface area contributed by atoms with Gasteiger partial charge < -0.3 is 5.32 Å². The van der Waals surface area contributed by atoms with Crippen LogP contribution in [0.1, 0.15) is 13.3 Å². The van der Waals surface area contributed by atoms with Gasteiger partial charge in [0, 0.05) is 10.7 Å². The summed E-state index contributed by atoms with van der Waals surface area (Å²) in [6, 6.07) is 1.75. The number of aromatic nitrogens is 1. The summed E-state index contributed by atoms with van der Waals surface area (Å²) in [5, 5.41) is 3.64. The SMILES string of the molecule is C#CC(CC)Nc1ncc(Br)cc1Cl. The lowest BCUT2D eigenvalue weighted by atomic mass is 10.2. The lowest BCUT2D eigenvalue weighted by molar-refractivity contribution is 0.851. The van der Waals surface area contributed by atoms with Gasteiger partial charge in [-0.25, -0.2) is 4.98 Å². The van der Waals surface area contributed by atoms with Crippen LogP contribution in [-0.2, 0) is 0 Å². The van der Waals surface area contributed by atoms with E-state index >= 15 is 0 Å². The van der Waals surface area contributed by atoms with Gasteiger partial charge in [0.25, 0.3) is 0 Å². The van der Waals surface area contributed by atoms with Gasteiger partial charge in [-0.3, -0.25) is 0 Å². The fraction of sp³-hybridized carbons (Fsp3) is 0.300. The highest BCUT2D eigenvalue weighted by molar-refractivity contribution is 9.10. The van der Waals surface area contributed by atoms with E-state index in [0.717, 1.165) is 10.9 Å². The van der Waals surface area contributed by atoms with Crippen LogP contribution < -0.4 is 5.32 Å². The third-order valence-corrected chi connectivity index (χ3v) is 2.45. The molecule has 1 rings (SSSR count). The lowest BCUT2D eigenvalue weighted by Crippen LogP contribution is -2.16. The van der Waals surface area contributed by atoms with Crippen molar-refractivity contribution in [1.29, 1.82) is 0 Å². The van der Waals surface area contributed by atoms with Gasteiger partial charge in [0.1, 0.15) is 5.82 Å². The maximum Gasteiger partial charge on any atom is 0.145 e. The summed E-state index contributed by atoms with van der Waals surface area (Å²) in [7, 11) is 0. The fourth-order valence-electron chi connectivity index (χ4n) is 0.947. The highest BCUT2D eigenvalue weighted by atomic mass is 79.9. The molecule has 74 valence electrons. The summed E-state index contributed by atoms with van der Waals surface area (Å²) in [6.07, 6.45) is 7.83. The molecule has 0 spiro atoms. The van der Waals surface area contributed by atoms with Crippen molar-refractivity contribution in [3.63, 3.8) is 0 Å². The Morgan fingerprint density at radius 2 is 2.50 bits per heavy atom. The van der Waals surface area contributed by atoms with Crippen LogP contribution in [0.4, 0.5) is 5.82 Å². The Morgan fingerprint density at radius 1 is 1.79 bits per heavy atom. The third-order valence-electron chi connectivity index (χ3n) is 1.73. The molecule has 0 aliphatic rings. The number of halogens is 2. The average Bonchev–Trinajstić information content (AvgIpc) is 2.17. The van der Waals surface area contributed by atoms with E-state index in [1.54, 1.807) is 12.3 Å². The molecule has 1 unspecified atom stereocenters. The van der Waals surface area contributed by atoms with Crippen molar-refractivity contribution in [3.8, 4) is 12.3 Å². The second-order valence-corrected chi connectivity index (χ2v) is 4.08. The van der Waals surface area contributed by atoms with Crippen LogP contribution in [-0.4, -0.2) is 11.0 Å². The molecule has 0 saturated carbocycles. The van der Waals surface area contributed by atoms with E-state index in [4.69, 9.17) is 18.0 Å². The molecule has 1 heterocycles. The molecule has 0 fully saturated rings. The average molecular weight is 274 g/mol. The summed E-state index contributed by atoms with van der Waals surface area (Å²) in [4.78, 5) is 4.13. The summed E-state index contributed by atoms with van der Waals surface area (Å²) in [5.41, 5.74) is 0. The van der Waals surface area contributed by atoms with E-state index in [1.807, 2.05) is 6.92 Å². The van der Waals surface area contributed by atoms with Crippen LogP contribution in [0.25, 0.3) is 0 Å². The number of nitrogens with zero attached hydrogens (tertiary/aromatic N) is 1. The maximum atomic E-state index is 5.96. The molecule has 0 radical (unpaired) electrons. The van der Waals surface area contributed by atoms with Crippen molar-refractivity contribution in [2.45, 2.75) is 19.4 Å². The van der Waals surface area contributed by atoms with E-state index in [2.05, 4.69) is 32.2 Å². The molecule has 0 aliphatic heterocycles. The Bertz CT molecular complexity index is 360. The molecule has 1 atom stereocenters. The number of nitrogens with one attached hydrogen (secondary N) is 1. The first-order chi connectivity index (χ1) is 6.67. The van der Waals surface area contributed by atoms with Gasteiger partial charge in [0.2, 0.25) is 0 Å². The molecule has 4 heteroatoms. The third kappa shape index (κ3) is 2.90. The first-order valence-corrected chi connectivity index (χ1v) is 5.38.